The molecule has 0 spiro atoms. The van der Waals surface area contributed by atoms with E-state index in [9.17, 15) is 0 Å². The van der Waals surface area contributed by atoms with Crippen LogP contribution in [-0.2, 0) is 4.74 Å². The van der Waals surface area contributed by atoms with Gasteiger partial charge >= 0.3 is 0 Å². The fraction of sp³-hybridized carbons (Fsp3) is 0.400. The molecule has 0 aliphatic carbocycles. The van der Waals surface area contributed by atoms with Crippen LogP contribution in [0.1, 0.15) is 0 Å². The lowest BCUT2D eigenvalue weighted by Gasteiger charge is -1.95. The van der Waals surface area contributed by atoms with E-state index in [1.165, 1.54) is 0 Å². The molecule has 0 amide bonds. The van der Waals surface area contributed by atoms with E-state index in [-0.39, 0.29) is 12.5 Å². The van der Waals surface area contributed by atoms with Crippen molar-refractivity contribution >= 4 is 0 Å². The zero-order chi connectivity index (χ0) is 5.11. The highest BCUT2D eigenvalue weighted by atomic mass is 16.5. The highest BCUT2D eigenvalue weighted by Crippen LogP contribution is 2.10. The van der Waals surface area contributed by atoms with Gasteiger partial charge in [0.25, 0.3) is 0 Å². The van der Waals surface area contributed by atoms with Gasteiger partial charge in [-0.1, -0.05) is 0 Å². The highest BCUT2D eigenvalue weighted by Gasteiger charge is 2.07. The monoisotopic (exact) mass is 99.0 g/mol. The first-order chi connectivity index (χ1) is 3.43. The normalized spacial score (nSPS) is 27.9. The van der Waals surface area contributed by atoms with Crippen molar-refractivity contribution in [1.29, 1.82) is 0 Å². The molecule has 0 fully saturated rings. The predicted octanol–water partition coefficient (Wildman–Crippen LogP) is 0.301. The number of rotatable bonds is 1. The Hall–Kier alpha value is -0.500. The second-order valence-electron chi connectivity index (χ2n) is 1.45. The molecule has 1 aliphatic heterocycles. The zero-order valence-corrected chi connectivity index (χ0v) is 3.87. The van der Waals surface area contributed by atoms with Gasteiger partial charge in [0.2, 0.25) is 0 Å². The third-order valence-electron chi connectivity index (χ3n) is 0.869. The molecular weight excluding hydrogens is 92.1 g/mol. The van der Waals surface area contributed by atoms with Gasteiger partial charge in [0.1, 0.15) is 6.61 Å². The lowest BCUT2D eigenvalue weighted by atomic mass is 10.2. The summed E-state index contributed by atoms with van der Waals surface area (Å²) in [6, 6.07) is 0. The van der Waals surface area contributed by atoms with E-state index in [0.29, 0.717) is 0 Å². The molecule has 1 rings (SSSR count). The third-order valence-corrected chi connectivity index (χ3v) is 0.869. The molecule has 0 aromatic heterocycles. The molecule has 39 valence electrons. The minimum atomic E-state index is 0.125. The second-order valence-corrected chi connectivity index (χ2v) is 1.45. The summed E-state index contributed by atoms with van der Waals surface area (Å²) >= 11 is 0. The Labute approximate surface area is 42.4 Å². The summed E-state index contributed by atoms with van der Waals surface area (Å²) < 4.78 is 4.68. The van der Waals surface area contributed by atoms with Gasteiger partial charge in [0, 0.05) is 5.92 Å². The molecule has 1 radical (unpaired) electrons. The van der Waals surface area contributed by atoms with E-state index in [1.54, 1.807) is 18.9 Å². The van der Waals surface area contributed by atoms with Crippen molar-refractivity contribution in [3.8, 4) is 0 Å². The summed E-state index contributed by atoms with van der Waals surface area (Å²) in [7, 11) is 0. The van der Waals surface area contributed by atoms with Gasteiger partial charge in [-0.25, -0.2) is 0 Å². The molecule has 1 atom stereocenters. The number of aliphatic hydroxyl groups is 1. The van der Waals surface area contributed by atoms with Gasteiger partial charge in [-0.15, -0.1) is 0 Å². The fourth-order valence-corrected chi connectivity index (χ4v) is 0.442. The van der Waals surface area contributed by atoms with E-state index in [4.69, 9.17) is 5.11 Å². The maximum Gasteiger partial charge on any atom is 0.144 e. The van der Waals surface area contributed by atoms with Crippen molar-refractivity contribution in [2.75, 3.05) is 6.61 Å². The van der Waals surface area contributed by atoms with Crippen molar-refractivity contribution < 1.29 is 9.84 Å². The van der Waals surface area contributed by atoms with Gasteiger partial charge < -0.3 is 9.84 Å². The molecule has 1 unspecified atom stereocenters. The quantitative estimate of drug-likeness (QED) is 0.512. The molecular formula is C5H7O2. The molecule has 1 aliphatic rings. The summed E-state index contributed by atoms with van der Waals surface area (Å²) in [6.07, 6.45) is 3.38. The van der Waals surface area contributed by atoms with Crippen molar-refractivity contribution in [1.82, 2.24) is 0 Å². The average Bonchev–Trinajstić information content (AvgIpc) is 2.14. The van der Waals surface area contributed by atoms with Gasteiger partial charge in [0.15, 0.2) is 0 Å². The SMILES string of the molecule is OCC1[CH]OC=C1. The lowest BCUT2D eigenvalue weighted by molar-refractivity contribution is 0.233. The largest absolute Gasteiger partial charge is 0.494 e. The molecule has 1 heterocycles. The van der Waals surface area contributed by atoms with E-state index in [2.05, 4.69) is 4.74 Å². The van der Waals surface area contributed by atoms with Crippen molar-refractivity contribution in [2.45, 2.75) is 0 Å². The van der Waals surface area contributed by atoms with E-state index in [0.717, 1.165) is 0 Å². The number of hydrogen-bond donors (Lipinski definition) is 1. The molecule has 2 nitrogen and oxygen atoms in total. The Morgan fingerprint density at radius 1 is 1.71 bits per heavy atom. The van der Waals surface area contributed by atoms with Crippen LogP contribution in [0.4, 0.5) is 0 Å². The first-order valence-electron chi connectivity index (χ1n) is 2.20. The summed E-state index contributed by atoms with van der Waals surface area (Å²) in [4.78, 5) is 0. The molecule has 0 aromatic rings. The Balaban J connectivity index is 2.28. The van der Waals surface area contributed by atoms with Crippen LogP contribution in [-0.4, -0.2) is 11.7 Å². The third kappa shape index (κ3) is 0.933. The van der Waals surface area contributed by atoms with Crippen molar-refractivity contribution in [3.05, 3.63) is 18.9 Å². The minimum Gasteiger partial charge on any atom is -0.494 e. The lowest BCUT2D eigenvalue weighted by Crippen LogP contribution is -1.97. The smallest absolute Gasteiger partial charge is 0.144 e. The first-order valence-corrected chi connectivity index (χ1v) is 2.20. The Kier molecular flexibility index (Phi) is 1.32. The van der Waals surface area contributed by atoms with Crippen LogP contribution >= 0.6 is 0 Å². The first kappa shape index (κ1) is 4.65. The van der Waals surface area contributed by atoms with Gasteiger partial charge in [-0.05, 0) is 6.08 Å². The molecule has 0 saturated heterocycles. The van der Waals surface area contributed by atoms with Crippen LogP contribution in [0, 0.1) is 12.5 Å². The number of ether oxygens (including phenoxy) is 1. The maximum atomic E-state index is 8.40. The summed E-state index contributed by atoms with van der Waals surface area (Å²) in [6.45, 7) is 1.75. The second kappa shape index (κ2) is 1.98. The predicted molar refractivity (Wildman–Crippen MR) is 25.1 cm³/mol. The zero-order valence-electron chi connectivity index (χ0n) is 3.87. The van der Waals surface area contributed by atoms with Crippen LogP contribution < -0.4 is 0 Å². The molecule has 0 aromatic carbocycles. The van der Waals surface area contributed by atoms with Gasteiger partial charge in [-0.2, -0.15) is 0 Å². The van der Waals surface area contributed by atoms with Crippen molar-refractivity contribution in [2.24, 2.45) is 5.92 Å². The van der Waals surface area contributed by atoms with Crippen LogP contribution in [0.3, 0.4) is 0 Å². The molecule has 2 heteroatoms. The fourth-order valence-electron chi connectivity index (χ4n) is 0.442. The Morgan fingerprint density at radius 2 is 2.57 bits per heavy atom. The number of hydrogen-bond acceptors (Lipinski definition) is 2. The minimum absolute atomic E-state index is 0.125. The van der Waals surface area contributed by atoms with Crippen LogP contribution in [0.2, 0.25) is 0 Å². The van der Waals surface area contributed by atoms with Crippen LogP contribution in [0.5, 0.6) is 0 Å². The van der Waals surface area contributed by atoms with E-state index in [1.807, 2.05) is 0 Å². The summed E-state index contributed by atoms with van der Waals surface area (Å²) in [5, 5.41) is 8.40. The molecule has 0 bridgehead atoms. The Bertz CT molecular complexity index is 78.1. The van der Waals surface area contributed by atoms with Crippen LogP contribution in [0.15, 0.2) is 12.3 Å². The van der Waals surface area contributed by atoms with E-state index >= 15 is 0 Å². The van der Waals surface area contributed by atoms with Gasteiger partial charge in [-0.3, -0.25) is 0 Å². The Morgan fingerprint density at radius 3 is 2.86 bits per heavy atom. The average molecular weight is 99.1 g/mol. The molecule has 1 N–H and O–H groups in total. The summed E-state index contributed by atoms with van der Waals surface area (Å²) in [5.74, 6) is 0.125. The molecule has 7 heavy (non-hydrogen) atoms. The summed E-state index contributed by atoms with van der Waals surface area (Å²) in [5.41, 5.74) is 0. The maximum absolute atomic E-state index is 8.40. The van der Waals surface area contributed by atoms with Crippen molar-refractivity contribution in [3.63, 3.8) is 0 Å². The van der Waals surface area contributed by atoms with Gasteiger partial charge in [0.05, 0.1) is 12.9 Å². The van der Waals surface area contributed by atoms with E-state index < -0.39 is 0 Å². The highest BCUT2D eigenvalue weighted by molar-refractivity contribution is 4.94. The molecule has 0 saturated carbocycles. The van der Waals surface area contributed by atoms with Crippen LogP contribution in [0.25, 0.3) is 0 Å². The standard InChI is InChI=1S/C5H7O2/c6-3-5-1-2-7-4-5/h1-2,4-6H,3H2. The topological polar surface area (TPSA) is 29.5 Å². The number of aliphatic hydroxyl groups excluding tert-OH is 1.